The number of rotatable bonds is 4. The molecular formula is C14H18F3N. The van der Waals surface area contributed by atoms with Crippen LogP contribution in [0.5, 0.6) is 0 Å². The van der Waals surface area contributed by atoms with Gasteiger partial charge in [-0.05, 0) is 43.5 Å². The van der Waals surface area contributed by atoms with Crippen molar-refractivity contribution in [3.8, 4) is 0 Å². The number of benzene rings is 1. The van der Waals surface area contributed by atoms with Gasteiger partial charge in [0.05, 0.1) is 0 Å². The van der Waals surface area contributed by atoms with E-state index in [-0.39, 0.29) is 30.6 Å². The largest absolute Gasteiger partial charge is 0.310 e. The summed E-state index contributed by atoms with van der Waals surface area (Å²) in [7, 11) is 0. The Hall–Kier alpha value is -1.03. The summed E-state index contributed by atoms with van der Waals surface area (Å²) in [5, 5.41) is 3.21. The molecule has 1 N–H and O–H groups in total. The Kier molecular flexibility index (Phi) is 3.95. The van der Waals surface area contributed by atoms with Gasteiger partial charge in [-0.2, -0.15) is 0 Å². The molecule has 2 atom stereocenters. The molecule has 0 radical (unpaired) electrons. The minimum atomic E-state index is -2.49. The summed E-state index contributed by atoms with van der Waals surface area (Å²) in [5.41, 5.74) is 0.847. The van der Waals surface area contributed by atoms with Gasteiger partial charge < -0.3 is 5.32 Å². The van der Waals surface area contributed by atoms with Gasteiger partial charge in [0.25, 0.3) is 0 Å². The predicted molar refractivity (Wildman–Crippen MR) is 65.1 cm³/mol. The molecule has 18 heavy (non-hydrogen) atoms. The highest BCUT2D eigenvalue weighted by atomic mass is 19.3. The van der Waals surface area contributed by atoms with Crippen LogP contribution in [0.3, 0.4) is 0 Å². The lowest BCUT2D eigenvalue weighted by molar-refractivity contribution is 0.00500. The highest BCUT2D eigenvalue weighted by molar-refractivity contribution is 5.19. The maximum atomic E-state index is 13.0. The zero-order chi connectivity index (χ0) is 13.2. The van der Waals surface area contributed by atoms with E-state index in [1.54, 1.807) is 6.07 Å². The van der Waals surface area contributed by atoms with Gasteiger partial charge in [0.15, 0.2) is 0 Å². The number of nitrogens with one attached hydrogen (secondary N) is 1. The molecule has 100 valence electrons. The van der Waals surface area contributed by atoms with E-state index in [4.69, 9.17) is 0 Å². The number of halogens is 3. The van der Waals surface area contributed by atoms with Crippen LogP contribution in [0.15, 0.2) is 24.3 Å². The number of hydrogen-bond donors (Lipinski definition) is 1. The average molecular weight is 257 g/mol. The second kappa shape index (κ2) is 5.31. The van der Waals surface area contributed by atoms with Crippen LogP contribution >= 0.6 is 0 Å². The van der Waals surface area contributed by atoms with E-state index < -0.39 is 5.92 Å². The van der Waals surface area contributed by atoms with Crippen molar-refractivity contribution in [1.82, 2.24) is 5.32 Å². The maximum Gasteiger partial charge on any atom is 0.248 e. The van der Waals surface area contributed by atoms with Gasteiger partial charge in [0.2, 0.25) is 5.92 Å². The van der Waals surface area contributed by atoms with Crippen LogP contribution in [-0.2, 0) is 0 Å². The van der Waals surface area contributed by atoms with Crippen LogP contribution in [0.2, 0.25) is 0 Å². The summed E-state index contributed by atoms with van der Waals surface area (Å²) in [6.07, 6.45) is 0.527. The molecule has 1 unspecified atom stereocenters. The lowest BCUT2D eigenvalue weighted by atomic mass is 10.1. The summed E-state index contributed by atoms with van der Waals surface area (Å²) < 4.78 is 39.1. The Morgan fingerprint density at radius 2 is 2.22 bits per heavy atom. The third-order valence-corrected chi connectivity index (χ3v) is 3.57. The van der Waals surface area contributed by atoms with Crippen molar-refractivity contribution in [2.75, 3.05) is 6.54 Å². The molecule has 1 aliphatic carbocycles. The fourth-order valence-electron chi connectivity index (χ4n) is 2.45. The summed E-state index contributed by atoms with van der Waals surface area (Å²) >= 11 is 0. The zero-order valence-corrected chi connectivity index (χ0v) is 10.4. The third kappa shape index (κ3) is 3.48. The van der Waals surface area contributed by atoms with Crippen molar-refractivity contribution >= 4 is 0 Å². The Balaban J connectivity index is 1.84. The predicted octanol–water partition coefficient (Wildman–Crippen LogP) is 3.91. The smallest absolute Gasteiger partial charge is 0.248 e. The van der Waals surface area contributed by atoms with Crippen molar-refractivity contribution < 1.29 is 13.2 Å². The van der Waals surface area contributed by atoms with Gasteiger partial charge in [0.1, 0.15) is 5.82 Å². The summed E-state index contributed by atoms with van der Waals surface area (Å²) in [5.74, 6) is -2.74. The van der Waals surface area contributed by atoms with Gasteiger partial charge >= 0.3 is 0 Å². The van der Waals surface area contributed by atoms with Crippen LogP contribution in [0.1, 0.15) is 37.8 Å². The van der Waals surface area contributed by atoms with Crippen LogP contribution in [0, 0.1) is 11.7 Å². The molecule has 0 aliphatic heterocycles. The van der Waals surface area contributed by atoms with Crippen molar-refractivity contribution in [3.05, 3.63) is 35.6 Å². The average Bonchev–Trinajstić information content (AvgIpc) is 2.66. The topological polar surface area (TPSA) is 12.0 Å². The lowest BCUT2D eigenvalue weighted by Gasteiger charge is -2.17. The second-order valence-electron chi connectivity index (χ2n) is 5.15. The van der Waals surface area contributed by atoms with E-state index in [9.17, 15) is 13.2 Å². The number of alkyl halides is 2. The Bertz CT molecular complexity index is 406. The van der Waals surface area contributed by atoms with E-state index in [0.29, 0.717) is 13.0 Å². The standard InChI is InChI=1S/C14H18F3N/c1-10(12-3-2-4-13(15)7-12)18-9-11-5-6-14(16,17)8-11/h2-4,7,10-11,18H,5-6,8-9H2,1H3/t10-,11?/m1/s1. The minimum absolute atomic E-state index is 0.00626. The Morgan fingerprint density at radius 1 is 1.44 bits per heavy atom. The van der Waals surface area contributed by atoms with Crippen LogP contribution < -0.4 is 5.32 Å². The first-order chi connectivity index (χ1) is 8.46. The third-order valence-electron chi connectivity index (χ3n) is 3.57. The first kappa shape index (κ1) is 13.4. The van der Waals surface area contributed by atoms with E-state index in [0.717, 1.165) is 5.56 Å². The molecule has 1 aromatic rings. The molecule has 0 amide bonds. The Labute approximate surface area is 105 Å². The van der Waals surface area contributed by atoms with Gasteiger partial charge in [-0.25, -0.2) is 13.2 Å². The monoisotopic (exact) mass is 257 g/mol. The molecule has 1 fully saturated rings. The molecule has 0 bridgehead atoms. The van der Waals surface area contributed by atoms with E-state index in [2.05, 4.69) is 5.32 Å². The minimum Gasteiger partial charge on any atom is -0.310 e. The summed E-state index contributed by atoms with van der Waals surface area (Å²) in [4.78, 5) is 0. The van der Waals surface area contributed by atoms with Crippen molar-refractivity contribution in [1.29, 1.82) is 0 Å². The highest BCUT2D eigenvalue weighted by Gasteiger charge is 2.39. The van der Waals surface area contributed by atoms with Crippen LogP contribution in [-0.4, -0.2) is 12.5 Å². The van der Waals surface area contributed by atoms with Crippen molar-refractivity contribution in [3.63, 3.8) is 0 Å². The maximum absolute atomic E-state index is 13.0. The Morgan fingerprint density at radius 3 is 2.83 bits per heavy atom. The molecule has 1 aromatic carbocycles. The van der Waals surface area contributed by atoms with Gasteiger partial charge in [0, 0.05) is 18.9 Å². The summed E-state index contributed by atoms with van der Waals surface area (Å²) in [6.45, 7) is 2.48. The van der Waals surface area contributed by atoms with Crippen LogP contribution in [0.4, 0.5) is 13.2 Å². The van der Waals surface area contributed by atoms with Gasteiger partial charge in [-0.15, -0.1) is 0 Å². The molecule has 2 rings (SSSR count). The quantitative estimate of drug-likeness (QED) is 0.862. The van der Waals surface area contributed by atoms with Gasteiger partial charge in [-0.3, -0.25) is 0 Å². The van der Waals surface area contributed by atoms with Crippen molar-refractivity contribution in [2.24, 2.45) is 5.92 Å². The SMILES string of the molecule is C[C@@H](NCC1CCC(F)(F)C1)c1cccc(F)c1. The molecular weight excluding hydrogens is 239 g/mol. The molecule has 1 nitrogen and oxygen atoms in total. The molecule has 4 heteroatoms. The van der Waals surface area contributed by atoms with E-state index in [1.165, 1.54) is 12.1 Å². The lowest BCUT2D eigenvalue weighted by Crippen LogP contribution is -2.25. The molecule has 1 saturated carbocycles. The highest BCUT2D eigenvalue weighted by Crippen LogP contribution is 2.38. The second-order valence-corrected chi connectivity index (χ2v) is 5.15. The molecule has 1 aliphatic rings. The van der Waals surface area contributed by atoms with E-state index >= 15 is 0 Å². The molecule has 0 saturated heterocycles. The first-order valence-electron chi connectivity index (χ1n) is 6.33. The zero-order valence-electron chi connectivity index (χ0n) is 10.4. The molecule has 0 spiro atoms. The normalized spacial score (nSPS) is 24.1. The first-order valence-corrected chi connectivity index (χ1v) is 6.33. The molecule has 0 heterocycles. The van der Waals surface area contributed by atoms with Gasteiger partial charge in [-0.1, -0.05) is 12.1 Å². The van der Waals surface area contributed by atoms with Crippen LogP contribution in [0.25, 0.3) is 0 Å². The summed E-state index contributed by atoms with van der Waals surface area (Å²) in [6, 6.07) is 6.35. The fourth-order valence-corrected chi connectivity index (χ4v) is 2.45. The fraction of sp³-hybridized carbons (Fsp3) is 0.571. The number of hydrogen-bond acceptors (Lipinski definition) is 1. The van der Waals surface area contributed by atoms with Crippen molar-refractivity contribution in [2.45, 2.75) is 38.2 Å². The van der Waals surface area contributed by atoms with E-state index in [1.807, 2.05) is 13.0 Å². The molecule has 0 aromatic heterocycles.